The predicted molar refractivity (Wildman–Crippen MR) is 54.8 cm³/mol. The van der Waals surface area contributed by atoms with Gasteiger partial charge in [-0.2, -0.15) is 0 Å². The Morgan fingerprint density at radius 1 is 0.800 bits per heavy atom. The molecule has 0 N–H and O–H groups in total. The van der Waals surface area contributed by atoms with E-state index in [0.717, 1.165) is 40.5 Å². The lowest BCUT2D eigenvalue weighted by atomic mass is 10.0. The van der Waals surface area contributed by atoms with Gasteiger partial charge in [0.2, 0.25) is 0 Å². The van der Waals surface area contributed by atoms with Crippen LogP contribution in [-0.4, -0.2) is 10.3 Å². The first-order valence-corrected chi connectivity index (χ1v) is 4.93. The summed E-state index contributed by atoms with van der Waals surface area (Å²) >= 11 is 0. The molecule has 0 aliphatic heterocycles. The zero-order valence-electron chi connectivity index (χ0n) is 9.42. The molecule has 4 heteroatoms. The molecule has 0 aliphatic rings. The Balaban J connectivity index is 2.37. The summed E-state index contributed by atoms with van der Waals surface area (Å²) in [5, 5.41) is 7.86. The summed E-state index contributed by atoms with van der Waals surface area (Å²) in [6.07, 6.45) is 0.780. The van der Waals surface area contributed by atoms with Crippen molar-refractivity contribution in [3.05, 3.63) is 34.0 Å². The first-order valence-electron chi connectivity index (χ1n) is 4.93. The Morgan fingerprint density at radius 2 is 1.20 bits per heavy atom. The second-order valence-corrected chi connectivity index (χ2v) is 3.78. The van der Waals surface area contributed by atoms with E-state index in [2.05, 4.69) is 10.3 Å². The molecule has 0 amide bonds. The quantitative estimate of drug-likeness (QED) is 0.757. The van der Waals surface area contributed by atoms with Gasteiger partial charge in [-0.05, 0) is 27.7 Å². The summed E-state index contributed by atoms with van der Waals surface area (Å²) in [7, 11) is 0. The van der Waals surface area contributed by atoms with E-state index in [9.17, 15) is 0 Å². The Kier molecular flexibility index (Phi) is 2.34. The molecule has 0 saturated carbocycles. The molecule has 2 rings (SSSR count). The normalized spacial score (nSPS) is 10.9. The highest BCUT2D eigenvalue weighted by Crippen LogP contribution is 2.21. The van der Waals surface area contributed by atoms with Crippen LogP contribution >= 0.6 is 0 Å². The van der Waals surface area contributed by atoms with E-state index in [4.69, 9.17) is 9.05 Å². The molecule has 2 heterocycles. The third kappa shape index (κ3) is 1.67. The molecule has 0 atom stereocenters. The SMILES string of the molecule is Cc1noc(C)c1Cc1c(C)noc1C. The molecule has 0 unspecified atom stereocenters. The van der Waals surface area contributed by atoms with Gasteiger partial charge in [-0.25, -0.2) is 0 Å². The highest BCUT2D eigenvalue weighted by molar-refractivity contribution is 5.32. The summed E-state index contributed by atoms with van der Waals surface area (Å²) < 4.78 is 10.2. The molecule has 80 valence electrons. The lowest BCUT2D eigenvalue weighted by Crippen LogP contribution is -1.94. The van der Waals surface area contributed by atoms with Crippen LogP contribution in [0.15, 0.2) is 9.05 Å². The lowest BCUT2D eigenvalue weighted by molar-refractivity contribution is 0.391. The van der Waals surface area contributed by atoms with Gasteiger partial charge in [0.25, 0.3) is 0 Å². The Hall–Kier alpha value is -1.58. The third-order valence-electron chi connectivity index (χ3n) is 2.72. The monoisotopic (exact) mass is 206 g/mol. The number of hydrogen-bond donors (Lipinski definition) is 0. The van der Waals surface area contributed by atoms with Crippen LogP contribution in [0.5, 0.6) is 0 Å². The van der Waals surface area contributed by atoms with Crippen molar-refractivity contribution in [2.75, 3.05) is 0 Å². The molecule has 0 spiro atoms. The zero-order chi connectivity index (χ0) is 11.0. The molecule has 4 nitrogen and oxygen atoms in total. The van der Waals surface area contributed by atoms with Crippen LogP contribution in [0.4, 0.5) is 0 Å². The second kappa shape index (κ2) is 3.53. The highest BCUT2D eigenvalue weighted by atomic mass is 16.5. The maximum atomic E-state index is 5.12. The van der Waals surface area contributed by atoms with Gasteiger partial charge in [-0.1, -0.05) is 10.3 Å². The number of hydrogen-bond acceptors (Lipinski definition) is 4. The van der Waals surface area contributed by atoms with E-state index in [0.29, 0.717) is 0 Å². The summed E-state index contributed by atoms with van der Waals surface area (Å²) in [6, 6.07) is 0. The van der Waals surface area contributed by atoms with Crippen LogP contribution in [0.3, 0.4) is 0 Å². The molecule has 0 radical (unpaired) electrons. The summed E-state index contributed by atoms with van der Waals surface area (Å²) in [4.78, 5) is 0. The minimum atomic E-state index is 0.780. The van der Waals surface area contributed by atoms with E-state index >= 15 is 0 Å². The van der Waals surface area contributed by atoms with Crippen LogP contribution in [0, 0.1) is 27.7 Å². The maximum absolute atomic E-state index is 5.12. The second-order valence-electron chi connectivity index (χ2n) is 3.78. The van der Waals surface area contributed by atoms with Crippen molar-refractivity contribution in [3.8, 4) is 0 Å². The Labute approximate surface area is 88.2 Å². The average Bonchev–Trinajstić information content (AvgIpc) is 2.67. The topological polar surface area (TPSA) is 52.1 Å². The van der Waals surface area contributed by atoms with E-state index in [-0.39, 0.29) is 0 Å². The fraction of sp³-hybridized carbons (Fsp3) is 0.455. The van der Waals surface area contributed by atoms with Gasteiger partial charge in [0.15, 0.2) is 0 Å². The Bertz CT molecular complexity index is 399. The summed E-state index contributed by atoms with van der Waals surface area (Å²) in [5.74, 6) is 1.74. The molecule has 2 aromatic rings. The average molecular weight is 206 g/mol. The van der Waals surface area contributed by atoms with E-state index in [1.165, 1.54) is 0 Å². The maximum Gasteiger partial charge on any atom is 0.137 e. The van der Waals surface area contributed by atoms with E-state index in [1.807, 2.05) is 27.7 Å². The molecular weight excluding hydrogens is 192 g/mol. The highest BCUT2D eigenvalue weighted by Gasteiger charge is 2.15. The van der Waals surface area contributed by atoms with Crippen LogP contribution in [0.2, 0.25) is 0 Å². The Morgan fingerprint density at radius 3 is 1.47 bits per heavy atom. The van der Waals surface area contributed by atoms with Crippen LogP contribution in [0.1, 0.15) is 34.0 Å². The van der Waals surface area contributed by atoms with Crippen molar-refractivity contribution in [1.29, 1.82) is 0 Å². The molecule has 0 aromatic carbocycles. The zero-order valence-corrected chi connectivity index (χ0v) is 9.42. The first kappa shape index (κ1) is 9.96. The number of aromatic nitrogens is 2. The molecule has 0 saturated heterocycles. The molecule has 15 heavy (non-hydrogen) atoms. The summed E-state index contributed by atoms with van der Waals surface area (Å²) in [6.45, 7) is 7.75. The fourth-order valence-electron chi connectivity index (χ4n) is 1.69. The first-order chi connectivity index (χ1) is 7.09. The number of rotatable bonds is 2. The van der Waals surface area contributed by atoms with Crippen molar-refractivity contribution >= 4 is 0 Å². The van der Waals surface area contributed by atoms with Crippen LogP contribution in [0.25, 0.3) is 0 Å². The van der Waals surface area contributed by atoms with E-state index in [1.54, 1.807) is 0 Å². The smallest absolute Gasteiger partial charge is 0.137 e. The largest absolute Gasteiger partial charge is 0.361 e. The lowest BCUT2D eigenvalue weighted by Gasteiger charge is -1.98. The van der Waals surface area contributed by atoms with E-state index < -0.39 is 0 Å². The standard InChI is InChI=1S/C11H14N2O2/c1-6-10(8(3)14-12-6)5-11-7(2)13-15-9(11)4/h5H2,1-4H3. The van der Waals surface area contributed by atoms with Crippen LogP contribution in [-0.2, 0) is 6.42 Å². The minimum absolute atomic E-state index is 0.780. The van der Waals surface area contributed by atoms with Gasteiger partial charge in [0, 0.05) is 17.5 Å². The van der Waals surface area contributed by atoms with Crippen molar-refractivity contribution in [2.24, 2.45) is 0 Å². The van der Waals surface area contributed by atoms with Gasteiger partial charge in [0.05, 0.1) is 11.4 Å². The minimum Gasteiger partial charge on any atom is -0.361 e. The number of aryl methyl sites for hydroxylation is 4. The molecule has 2 aromatic heterocycles. The molecular formula is C11H14N2O2. The van der Waals surface area contributed by atoms with Gasteiger partial charge >= 0.3 is 0 Å². The van der Waals surface area contributed by atoms with Crippen molar-refractivity contribution in [3.63, 3.8) is 0 Å². The van der Waals surface area contributed by atoms with Gasteiger partial charge in [-0.15, -0.1) is 0 Å². The molecule has 0 fully saturated rings. The van der Waals surface area contributed by atoms with Gasteiger partial charge in [-0.3, -0.25) is 0 Å². The summed E-state index contributed by atoms with van der Waals surface area (Å²) in [5.41, 5.74) is 4.13. The van der Waals surface area contributed by atoms with Gasteiger partial charge < -0.3 is 9.05 Å². The van der Waals surface area contributed by atoms with Crippen molar-refractivity contribution in [2.45, 2.75) is 34.1 Å². The van der Waals surface area contributed by atoms with Crippen LogP contribution < -0.4 is 0 Å². The predicted octanol–water partition coefficient (Wildman–Crippen LogP) is 2.49. The van der Waals surface area contributed by atoms with Gasteiger partial charge in [0.1, 0.15) is 11.5 Å². The fourth-order valence-corrected chi connectivity index (χ4v) is 1.69. The third-order valence-corrected chi connectivity index (χ3v) is 2.72. The number of nitrogens with zero attached hydrogens (tertiary/aromatic N) is 2. The van der Waals surface area contributed by atoms with Crippen molar-refractivity contribution < 1.29 is 9.05 Å². The molecule has 0 aliphatic carbocycles. The van der Waals surface area contributed by atoms with Crippen molar-refractivity contribution in [1.82, 2.24) is 10.3 Å². The molecule has 0 bridgehead atoms.